The van der Waals surface area contributed by atoms with Crippen molar-refractivity contribution < 1.29 is 9.84 Å². The van der Waals surface area contributed by atoms with E-state index in [1.807, 2.05) is 0 Å². The number of nitrogens with zero attached hydrogens (tertiary/aromatic N) is 3. The van der Waals surface area contributed by atoms with E-state index in [4.69, 9.17) is 28.4 Å². The molecule has 0 unspecified atom stereocenters. The Morgan fingerprint density at radius 1 is 1.43 bits per heavy atom. The second kappa shape index (κ2) is 6.75. The average Bonchev–Trinajstić information content (AvgIpc) is 2.50. The molecule has 0 aliphatic heterocycles. The predicted molar refractivity (Wildman–Crippen MR) is 88.8 cm³/mol. The third kappa shape index (κ3) is 3.37. The molecule has 2 aromatic rings. The molecule has 0 radical (unpaired) electrons. The third-order valence-electron chi connectivity index (χ3n) is 2.81. The molecule has 1 aromatic carbocycles. The lowest BCUT2D eigenvalue weighted by molar-refractivity contribution is 0.402. The van der Waals surface area contributed by atoms with E-state index in [9.17, 15) is 9.90 Å². The van der Waals surface area contributed by atoms with Gasteiger partial charge < -0.3 is 21.3 Å². The van der Waals surface area contributed by atoms with E-state index < -0.39 is 11.4 Å². The molecule has 0 bridgehead atoms. The molecule has 120 valence electrons. The molecule has 10 heteroatoms. The van der Waals surface area contributed by atoms with Gasteiger partial charge in [-0.3, -0.25) is 14.3 Å². The first kappa shape index (κ1) is 16.2. The first-order chi connectivity index (χ1) is 11.0. The number of H-pyrrole nitrogens is 1. The van der Waals surface area contributed by atoms with E-state index in [-0.39, 0.29) is 16.3 Å². The lowest BCUT2D eigenvalue weighted by atomic mass is 10.2. The summed E-state index contributed by atoms with van der Waals surface area (Å²) in [6.07, 6.45) is 1.02. The minimum absolute atomic E-state index is 0.00371. The van der Waals surface area contributed by atoms with Crippen molar-refractivity contribution in [3.63, 3.8) is 0 Å². The fourth-order valence-corrected chi connectivity index (χ4v) is 2.12. The van der Waals surface area contributed by atoms with Crippen molar-refractivity contribution in [3.05, 3.63) is 45.0 Å². The van der Waals surface area contributed by atoms with Crippen LogP contribution in [0.4, 0.5) is 0 Å². The van der Waals surface area contributed by atoms with Crippen LogP contribution in [0.3, 0.4) is 0 Å². The number of ether oxygens (including phenoxy) is 1. The van der Waals surface area contributed by atoms with Crippen LogP contribution < -0.4 is 21.8 Å². The van der Waals surface area contributed by atoms with E-state index in [2.05, 4.69) is 15.2 Å². The number of guanidine groups is 1. The Balaban J connectivity index is 2.71. The van der Waals surface area contributed by atoms with Crippen molar-refractivity contribution in [1.82, 2.24) is 9.55 Å². The zero-order valence-electron chi connectivity index (χ0n) is 12.1. The summed E-state index contributed by atoms with van der Waals surface area (Å²) in [5, 5.41) is 17.3. The second-order valence-electron chi connectivity index (χ2n) is 4.27. The molecule has 0 atom stereocenters. The Morgan fingerprint density at radius 3 is 2.78 bits per heavy atom. The summed E-state index contributed by atoms with van der Waals surface area (Å²) in [6.45, 7) is 0. The minimum Gasteiger partial charge on any atom is -0.495 e. The van der Waals surface area contributed by atoms with Crippen LogP contribution in [0.25, 0.3) is 5.69 Å². The van der Waals surface area contributed by atoms with E-state index in [1.165, 1.54) is 11.7 Å². The van der Waals surface area contributed by atoms with Gasteiger partial charge >= 0.3 is 0 Å². The normalized spacial score (nSPS) is 10.7. The summed E-state index contributed by atoms with van der Waals surface area (Å²) in [7, 11) is 1.48. The van der Waals surface area contributed by atoms with Crippen LogP contribution in [0.15, 0.2) is 39.3 Å². The number of nitrogens with one attached hydrogen (secondary N) is 1. The second-order valence-corrected chi connectivity index (χ2v) is 4.66. The smallest absolute Gasteiger partial charge is 0.264 e. The Bertz CT molecular complexity index is 895. The summed E-state index contributed by atoms with van der Waals surface area (Å²) in [5.41, 5.74) is 9.95. The van der Waals surface area contributed by atoms with Crippen molar-refractivity contribution in [3.8, 4) is 17.3 Å². The van der Waals surface area contributed by atoms with Crippen molar-refractivity contribution in [2.45, 2.75) is 0 Å². The van der Waals surface area contributed by atoms with Gasteiger partial charge in [-0.2, -0.15) is 5.10 Å². The molecule has 0 amide bonds. The molecule has 1 heterocycles. The number of para-hydroxylation sites is 2. The molecule has 0 aliphatic rings. The fourth-order valence-electron chi connectivity index (χ4n) is 1.85. The van der Waals surface area contributed by atoms with Crippen LogP contribution in [0.2, 0.25) is 0 Å². The molecule has 1 aromatic heterocycles. The molecule has 6 N–H and O–H groups in total. The highest BCUT2D eigenvalue weighted by Crippen LogP contribution is 2.26. The molecule has 23 heavy (non-hydrogen) atoms. The summed E-state index contributed by atoms with van der Waals surface area (Å²) in [5.74, 6) is -0.245. The zero-order valence-corrected chi connectivity index (χ0v) is 12.9. The molecule has 0 saturated carbocycles. The van der Waals surface area contributed by atoms with E-state index >= 15 is 0 Å². The molecule has 0 aliphatic carbocycles. The van der Waals surface area contributed by atoms with Gasteiger partial charge in [0.25, 0.3) is 5.56 Å². The van der Waals surface area contributed by atoms with E-state index in [0.29, 0.717) is 11.4 Å². The lowest BCUT2D eigenvalue weighted by Crippen LogP contribution is -2.22. The van der Waals surface area contributed by atoms with Crippen LogP contribution in [-0.4, -0.2) is 33.9 Å². The van der Waals surface area contributed by atoms with Gasteiger partial charge in [-0.05, 0) is 24.4 Å². The summed E-state index contributed by atoms with van der Waals surface area (Å²) in [6, 6.07) is 6.85. The van der Waals surface area contributed by atoms with Crippen molar-refractivity contribution in [2.24, 2.45) is 21.7 Å². The quantitative estimate of drug-likeness (QED) is 0.272. The lowest BCUT2D eigenvalue weighted by Gasteiger charge is -2.14. The topological polar surface area (TPSA) is 144 Å². The highest BCUT2D eigenvalue weighted by atomic mass is 32.1. The van der Waals surface area contributed by atoms with Crippen LogP contribution in [-0.2, 0) is 0 Å². The monoisotopic (exact) mass is 334 g/mol. The van der Waals surface area contributed by atoms with Gasteiger partial charge in [0.05, 0.1) is 19.0 Å². The molecule has 9 nitrogen and oxygen atoms in total. The largest absolute Gasteiger partial charge is 0.495 e. The van der Waals surface area contributed by atoms with Crippen molar-refractivity contribution in [1.29, 1.82) is 0 Å². The van der Waals surface area contributed by atoms with Gasteiger partial charge in [-0.1, -0.05) is 12.1 Å². The van der Waals surface area contributed by atoms with Crippen LogP contribution >= 0.6 is 12.2 Å². The van der Waals surface area contributed by atoms with Crippen molar-refractivity contribution in [2.75, 3.05) is 7.11 Å². The molecular formula is C13H14N6O3S. The SMILES string of the molecule is COc1ccccc1-n1c(O)c(/C=N/N=C(N)N)c(=O)[nH]c1=S. The van der Waals surface area contributed by atoms with E-state index in [1.54, 1.807) is 24.3 Å². The van der Waals surface area contributed by atoms with Gasteiger partial charge in [0.1, 0.15) is 11.3 Å². The molecule has 0 saturated heterocycles. The van der Waals surface area contributed by atoms with Crippen LogP contribution in [0, 0.1) is 4.77 Å². The Hall–Kier alpha value is -3.14. The number of hydrogen-bond donors (Lipinski definition) is 4. The van der Waals surface area contributed by atoms with Crippen LogP contribution in [0.5, 0.6) is 11.6 Å². The first-order valence-corrected chi connectivity index (χ1v) is 6.70. The Morgan fingerprint density at radius 2 is 2.13 bits per heavy atom. The molecule has 0 fully saturated rings. The number of aromatic nitrogens is 2. The maximum Gasteiger partial charge on any atom is 0.264 e. The predicted octanol–water partition coefficient (Wildman–Crippen LogP) is 0.217. The Labute approximate surface area is 135 Å². The zero-order chi connectivity index (χ0) is 17.0. The molecule has 2 rings (SSSR count). The van der Waals surface area contributed by atoms with Gasteiger partial charge in [0.15, 0.2) is 4.77 Å². The molecule has 0 spiro atoms. The Kier molecular flexibility index (Phi) is 4.76. The standard InChI is InChI=1S/C13H14N6O3S/c1-22-9-5-3-2-4-8(9)19-11(21)7(6-16-18-12(14)15)10(20)17-13(19)23/h2-6,21H,1H3,(H4,14,15,18)(H,17,20,23)/b16-6+. The maximum absolute atomic E-state index is 11.9. The average molecular weight is 334 g/mol. The van der Waals surface area contributed by atoms with E-state index in [0.717, 1.165) is 6.21 Å². The number of aromatic amines is 1. The number of hydrogen-bond acceptors (Lipinski definition) is 6. The summed E-state index contributed by atoms with van der Waals surface area (Å²) >= 11 is 5.11. The number of rotatable bonds is 4. The summed E-state index contributed by atoms with van der Waals surface area (Å²) < 4.78 is 6.47. The van der Waals surface area contributed by atoms with Crippen molar-refractivity contribution >= 4 is 24.4 Å². The number of nitrogens with two attached hydrogens (primary N) is 2. The maximum atomic E-state index is 11.9. The number of benzene rings is 1. The highest BCUT2D eigenvalue weighted by molar-refractivity contribution is 7.71. The number of methoxy groups -OCH3 is 1. The van der Waals surface area contributed by atoms with Gasteiger partial charge in [-0.25, -0.2) is 0 Å². The number of aromatic hydroxyl groups is 1. The molecular weight excluding hydrogens is 320 g/mol. The highest BCUT2D eigenvalue weighted by Gasteiger charge is 2.15. The minimum atomic E-state index is -0.631. The summed E-state index contributed by atoms with van der Waals surface area (Å²) in [4.78, 5) is 14.4. The first-order valence-electron chi connectivity index (χ1n) is 6.29. The van der Waals surface area contributed by atoms with Crippen LogP contribution in [0.1, 0.15) is 5.56 Å². The van der Waals surface area contributed by atoms with Gasteiger partial charge in [-0.15, -0.1) is 5.10 Å². The fraction of sp³-hybridized carbons (Fsp3) is 0.0769. The third-order valence-corrected chi connectivity index (χ3v) is 3.09. The van der Waals surface area contributed by atoms with Gasteiger partial charge in [0.2, 0.25) is 11.8 Å². The van der Waals surface area contributed by atoms with Gasteiger partial charge in [0, 0.05) is 0 Å².